The molecule has 0 radical (unpaired) electrons. The number of anilines is 1. The van der Waals surface area contributed by atoms with Crippen molar-refractivity contribution in [3.8, 4) is 5.75 Å². The van der Waals surface area contributed by atoms with Crippen LogP contribution in [0.5, 0.6) is 5.75 Å². The number of nitrogens with one attached hydrogen (secondary N) is 1. The summed E-state index contributed by atoms with van der Waals surface area (Å²) in [6, 6.07) is 19.5. The van der Waals surface area contributed by atoms with E-state index in [1.807, 2.05) is 12.1 Å². The number of aliphatic hydroxyl groups is 1. The average molecular weight is 805 g/mol. The summed E-state index contributed by atoms with van der Waals surface area (Å²) in [4.78, 5) is 29.2. The van der Waals surface area contributed by atoms with Crippen LogP contribution in [-0.4, -0.2) is 76.3 Å². The number of aliphatic hydroxyl groups excluding tert-OH is 1. The number of hydrogen-bond acceptors (Lipinski definition) is 9. The number of halogens is 1. The zero-order valence-corrected chi connectivity index (χ0v) is 33.8. The van der Waals surface area contributed by atoms with Gasteiger partial charge in [-0.2, -0.15) is 0 Å². The summed E-state index contributed by atoms with van der Waals surface area (Å²) in [6.07, 6.45) is 6.56. The maximum Gasteiger partial charge on any atom is 0.338 e. The Morgan fingerprint density at radius 1 is 1.11 bits per heavy atom. The maximum absolute atomic E-state index is 14.2. The number of ether oxygens (including phenoxy) is 3. The van der Waals surface area contributed by atoms with E-state index in [-0.39, 0.29) is 35.8 Å². The van der Waals surface area contributed by atoms with Gasteiger partial charge in [0.25, 0.3) is 5.91 Å². The van der Waals surface area contributed by atoms with Crippen LogP contribution in [0.25, 0.3) is 0 Å². The first-order chi connectivity index (χ1) is 26.9. The predicted molar refractivity (Wildman–Crippen MR) is 219 cm³/mol. The lowest BCUT2D eigenvalue weighted by Gasteiger charge is -2.45. The Balaban J connectivity index is 1.28. The molecule has 0 aromatic heterocycles. The molecule has 4 unspecified atom stereocenters. The zero-order valence-electron chi connectivity index (χ0n) is 32.2. The molecule has 56 heavy (non-hydrogen) atoms. The van der Waals surface area contributed by atoms with Gasteiger partial charge in [0.05, 0.1) is 35.8 Å². The van der Waals surface area contributed by atoms with Crippen LogP contribution in [0, 0.1) is 17.8 Å². The molecule has 3 aliphatic rings. The van der Waals surface area contributed by atoms with Gasteiger partial charge in [0.15, 0.2) is 0 Å². The van der Waals surface area contributed by atoms with Crippen molar-refractivity contribution < 1.29 is 37.3 Å². The van der Waals surface area contributed by atoms with Gasteiger partial charge in [-0.15, -0.1) is 13.2 Å². The molecule has 3 aromatic carbocycles. The van der Waals surface area contributed by atoms with Crippen LogP contribution in [0.2, 0.25) is 5.02 Å². The quantitative estimate of drug-likeness (QED) is 0.113. The highest BCUT2D eigenvalue weighted by Crippen LogP contribution is 2.46. The van der Waals surface area contributed by atoms with E-state index >= 15 is 0 Å². The Morgan fingerprint density at radius 3 is 2.59 bits per heavy atom. The minimum atomic E-state index is -4.33. The number of methoxy groups -OCH3 is 1. The number of allylic oxidation sites excluding steroid dienone is 1. The third-order valence-corrected chi connectivity index (χ3v) is 14.0. The van der Waals surface area contributed by atoms with E-state index < -0.39 is 45.3 Å². The van der Waals surface area contributed by atoms with Crippen molar-refractivity contribution >= 4 is 39.2 Å². The lowest BCUT2D eigenvalue weighted by atomic mass is 9.68. The van der Waals surface area contributed by atoms with Crippen LogP contribution >= 0.6 is 11.6 Å². The first kappa shape index (κ1) is 41.5. The van der Waals surface area contributed by atoms with Crippen LogP contribution in [-0.2, 0) is 31.3 Å². The summed E-state index contributed by atoms with van der Waals surface area (Å²) in [7, 11) is -2.88. The highest BCUT2D eigenvalue weighted by Gasteiger charge is 2.44. The Hall–Kier alpha value is -4.16. The lowest BCUT2D eigenvalue weighted by molar-refractivity contribution is 0.00170. The number of fused-ring (bicyclic) bond motifs is 3. The third-order valence-electron chi connectivity index (χ3n) is 11.8. The molecular formula is C44H53ClN2O8S. The van der Waals surface area contributed by atoms with Crippen molar-refractivity contribution in [1.29, 1.82) is 0 Å². The fourth-order valence-electron chi connectivity index (χ4n) is 8.72. The van der Waals surface area contributed by atoms with Gasteiger partial charge in [-0.1, -0.05) is 54.9 Å². The van der Waals surface area contributed by atoms with Gasteiger partial charge >= 0.3 is 5.97 Å². The summed E-state index contributed by atoms with van der Waals surface area (Å²) in [5, 5.41) is 10.3. The molecule has 1 spiro atoms. The monoisotopic (exact) mass is 804 g/mol. The smallest absolute Gasteiger partial charge is 0.338 e. The molecular weight excluding hydrogens is 752 g/mol. The molecule has 1 heterocycles. The number of sulfonamides is 1. The fourth-order valence-corrected chi connectivity index (χ4v) is 10.6. The zero-order chi connectivity index (χ0) is 40.0. The second-order valence-electron chi connectivity index (χ2n) is 15.6. The van der Waals surface area contributed by atoms with Gasteiger partial charge in [0, 0.05) is 42.6 Å². The summed E-state index contributed by atoms with van der Waals surface area (Å²) in [5.74, 6) is -1.02. The van der Waals surface area contributed by atoms with Gasteiger partial charge < -0.3 is 24.2 Å². The van der Waals surface area contributed by atoms with E-state index in [0.29, 0.717) is 48.1 Å². The fraction of sp³-hybridized carbons (Fsp3) is 0.455. The molecule has 7 atom stereocenters. The molecule has 0 saturated heterocycles. The van der Waals surface area contributed by atoms with Gasteiger partial charge in [0.1, 0.15) is 11.9 Å². The SMILES string of the molecule is C=CCC(C)C(CC(COC)OC(=O)c1ccccc1)S(=O)(=O)NC(=O)c1ccc2c(c1)N(C[C@@H]1CC[C@H]1C(O)C=C)C[C@@]1(CCCc3cc(Cl)ccc31)CO2. The van der Waals surface area contributed by atoms with Gasteiger partial charge in [-0.3, -0.25) is 4.79 Å². The van der Waals surface area contributed by atoms with E-state index in [9.17, 15) is 23.1 Å². The largest absolute Gasteiger partial charge is 0.490 e. The summed E-state index contributed by atoms with van der Waals surface area (Å²) in [5.41, 5.74) is 3.23. The molecule has 3 aromatic rings. The number of esters is 1. The molecule has 12 heteroatoms. The van der Waals surface area contributed by atoms with E-state index in [2.05, 4.69) is 28.8 Å². The van der Waals surface area contributed by atoms with E-state index in [1.165, 1.54) is 18.2 Å². The van der Waals surface area contributed by atoms with Crippen molar-refractivity contribution in [2.45, 2.75) is 74.7 Å². The molecule has 1 saturated carbocycles. The Morgan fingerprint density at radius 2 is 1.89 bits per heavy atom. The van der Waals surface area contributed by atoms with Crippen LogP contribution < -0.4 is 14.4 Å². The van der Waals surface area contributed by atoms with Crippen LogP contribution in [0.3, 0.4) is 0 Å². The van der Waals surface area contributed by atoms with Crippen LogP contribution in [0.1, 0.15) is 77.3 Å². The molecule has 2 aliphatic carbocycles. The van der Waals surface area contributed by atoms with Crippen molar-refractivity contribution in [1.82, 2.24) is 4.72 Å². The number of carbonyl (C=O) groups is 2. The highest BCUT2D eigenvalue weighted by atomic mass is 35.5. The topological polar surface area (TPSA) is 131 Å². The third kappa shape index (κ3) is 9.17. The number of rotatable bonds is 16. The number of aryl methyl sites for hydroxylation is 1. The van der Waals surface area contributed by atoms with Crippen LogP contribution in [0.15, 0.2) is 92.0 Å². The number of nitrogens with zero attached hydrogens (tertiary/aromatic N) is 1. The van der Waals surface area contributed by atoms with E-state index in [4.69, 9.17) is 25.8 Å². The summed E-state index contributed by atoms with van der Waals surface area (Å²) in [6.45, 7) is 11.0. The number of amides is 1. The minimum absolute atomic E-state index is 0.0370. The highest BCUT2D eigenvalue weighted by molar-refractivity contribution is 7.90. The van der Waals surface area contributed by atoms with E-state index in [0.717, 1.165) is 32.1 Å². The molecule has 6 rings (SSSR count). The van der Waals surface area contributed by atoms with Crippen molar-refractivity contribution in [2.24, 2.45) is 17.8 Å². The first-order valence-electron chi connectivity index (χ1n) is 19.4. The predicted octanol–water partition coefficient (Wildman–Crippen LogP) is 7.29. The summed E-state index contributed by atoms with van der Waals surface area (Å²) < 4.78 is 48.4. The van der Waals surface area contributed by atoms with Gasteiger partial charge in [-0.05, 0) is 110 Å². The number of hydrogen-bond donors (Lipinski definition) is 2. The molecule has 1 aliphatic heterocycles. The Kier molecular flexibility index (Phi) is 13.3. The number of carbonyl (C=O) groups excluding carboxylic acids is 2. The second kappa shape index (κ2) is 18.0. The Labute approximate surface area is 335 Å². The van der Waals surface area contributed by atoms with Crippen molar-refractivity contribution in [3.05, 3.63) is 119 Å². The van der Waals surface area contributed by atoms with Crippen molar-refractivity contribution in [3.63, 3.8) is 0 Å². The Bertz CT molecular complexity index is 2010. The standard InChI is InChI=1S/C44H53ClN2O8S/c1-5-11-29(3)41(24-35(26-53-4)55-43(50)30-12-8-7-9-13-30)56(51,52)46-42(49)32-16-20-40-38(23-32)47(25-33-15-18-36(33)39(48)6-2)27-44(28-54-40)21-10-14-31-22-34(45)17-19-37(31)44/h5-9,12-13,16-17,19-20,22-23,29,33,35-36,39,41,48H,1-2,10-11,14-15,18,21,24-28H2,3-4H3,(H,46,49)/t29?,33-,35?,36+,39?,41?,44-/m0/s1. The average Bonchev–Trinajstić information content (AvgIpc) is 3.32. The molecule has 2 N–H and O–H groups in total. The van der Waals surface area contributed by atoms with Gasteiger partial charge in [0.2, 0.25) is 10.0 Å². The van der Waals surface area contributed by atoms with Crippen molar-refractivity contribution in [2.75, 3.05) is 38.3 Å². The molecule has 0 bridgehead atoms. The molecule has 300 valence electrons. The molecule has 10 nitrogen and oxygen atoms in total. The van der Waals surface area contributed by atoms with Crippen LogP contribution in [0.4, 0.5) is 5.69 Å². The molecule has 1 fully saturated rings. The first-order valence-corrected chi connectivity index (χ1v) is 21.3. The van der Waals surface area contributed by atoms with E-state index in [1.54, 1.807) is 67.6 Å². The number of benzene rings is 3. The van der Waals surface area contributed by atoms with Gasteiger partial charge in [-0.25, -0.2) is 17.9 Å². The lowest BCUT2D eigenvalue weighted by Crippen LogP contribution is -2.49. The maximum atomic E-state index is 14.2. The second-order valence-corrected chi connectivity index (χ2v) is 18.0. The summed E-state index contributed by atoms with van der Waals surface area (Å²) >= 11 is 6.44. The minimum Gasteiger partial charge on any atom is -0.490 e. The normalized spacial score (nSPS) is 22.5. The molecule has 1 amide bonds.